The van der Waals surface area contributed by atoms with Crippen molar-refractivity contribution in [3.8, 4) is 22.8 Å². The number of aryl methyl sites for hydroxylation is 1. The molecule has 1 aliphatic carbocycles. The number of pyridine rings is 2. The zero-order valence-electron chi connectivity index (χ0n) is 39.9. The van der Waals surface area contributed by atoms with Crippen molar-refractivity contribution in [1.82, 2.24) is 19.9 Å². The van der Waals surface area contributed by atoms with E-state index in [2.05, 4.69) is 144 Å². The van der Waals surface area contributed by atoms with Gasteiger partial charge in [-0.05, 0) is 116 Å². The molecule has 6 heteroatoms. The van der Waals surface area contributed by atoms with Crippen molar-refractivity contribution in [1.29, 1.82) is 0 Å². The Morgan fingerprint density at radius 2 is 1.42 bits per heavy atom. The molecule has 0 saturated heterocycles. The van der Waals surface area contributed by atoms with Gasteiger partial charge >= 0.3 is 0 Å². The van der Waals surface area contributed by atoms with Crippen LogP contribution in [0.4, 0.5) is 0 Å². The molecular formula is C53H56IrN4O-2. The smallest absolute Gasteiger partial charge is 0.121 e. The molecule has 305 valence electrons. The molecule has 1 radical (unpaired) electrons. The molecule has 1 saturated carbocycles. The molecule has 0 aliphatic heterocycles. The summed E-state index contributed by atoms with van der Waals surface area (Å²) in [5.74, 6) is -0.420. The second kappa shape index (κ2) is 15.7. The number of benzene rings is 4. The molecule has 4 heterocycles. The number of aromatic nitrogens is 4. The first kappa shape index (κ1) is 37.2. The second-order valence-electron chi connectivity index (χ2n) is 19.7. The molecule has 0 bridgehead atoms. The third-order valence-corrected chi connectivity index (χ3v) is 11.3. The van der Waals surface area contributed by atoms with Crippen molar-refractivity contribution in [2.45, 2.75) is 112 Å². The summed E-state index contributed by atoms with van der Waals surface area (Å²) < 4.78 is 41.2. The molecule has 4 aromatic carbocycles. The first-order valence-corrected chi connectivity index (χ1v) is 20.3. The van der Waals surface area contributed by atoms with Gasteiger partial charge in [0.15, 0.2) is 0 Å². The number of fused-ring (bicyclic) bond motifs is 6. The van der Waals surface area contributed by atoms with Gasteiger partial charge in [-0.15, -0.1) is 24.3 Å². The van der Waals surface area contributed by atoms with Crippen molar-refractivity contribution >= 4 is 43.5 Å². The minimum Gasteiger partial charge on any atom is -0.501 e. The van der Waals surface area contributed by atoms with Crippen LogP contribution in [0.15, 0.2) is 102 Å². The van der Waals surface area contributed by atoms with Gasteiger partial charge in [0.05, 0.1) is 11.4 Å². The molecule has 0 atom stereocenters. The summed E-state index contributed by atoms with van der Waals surface area (Å²) in [5.41, 5.74) is 5.93. The first-order chi connectivity index (χ1) is 28.9. The Morgan fingerprint density at radius 1 is 0.729 bits per heavy atom. The molecular weight excluding hydrogens is 901 g/mol. The standard InChI is InChI=1S/C36H34NO.C17H22N3.Ir/c1-22-20-37-32(16-29(22)25-18-35(2,3)21-36(4,5)19-25)28-12-8-11-27-31-15-24-14-13-23-9-6-7-10-26(23)30(24)17-33(31)38-34(27)28;1-16(2,3)13-9-7-8-12(19-13)15-18-11-10-14(20-15)17(4,5)6;/h6-11,13-17,20,25H,18-19,21H2,1-5H3;7,9-11H,1-6H3;/q2*-1;/i1D3,25D;;. The van der Waals surface area contributed by atoms with E-state index in [-0.39, 0.29) is 47.3 Å². The molecule has 4 aromatic heterocycles. The van der Waals surface area contributed by atoms with Crippen LogP contribution in [0.5, 0.6) is 0 Å². The Morgan fingerprint density at radius 3 is 2.15 bits per heavy atom. The quantitative estimate of drug-likeness (QED) is 0.130. The number of rotatable bonds is 3. The SMILES string of the molecule is CC(C)(C)c1cc[c-]c(-c2nccc(C(C)(C)C)n2)n1.[2H]C([2H])([2H])c1cnc(-c2[c-]ccc3c2oc2cc4c(ccc5ccccc54)cc23)cc1C1([2H])CC(C)(C)CC(C)(C)C1.[Ir]. The second-order valence-corrected chi connectivity index (χ2v) is 19.7. The predicted octanol–water partition coefficient (Wildman–Crippen LogP) is 14.3. The fourth-order valence-electron chi connectivity index (χ4n) is 8.96. The van der Waals surface area contributed by atoms with E-state index in [1.54, 1.807) is 6.20 Å². The van der Waals surface area contributed by atoms with E-state index in [0.717, 1.165) is 44.9 Å². The monoisotopic (exact) mass is 961 g/mol. The summed E-state index contributed by atoms with van der Waals surface area (Å²) in [6, 6.07) is 35.0. The zero-order chi connectivity index (χ0) is 44.6. The number of nitrogens with zero attached hydrogens (tertiary/aromatic N) is 4. The predicted molar refractivity (Wildman–Crippen MR) is 241 cm³/mol. The van der Waals surface area contributed by atoms with Gasteiger partial charge in [-0.3, -0.25) is 15.0 Å². The Hall–Kier alpha value is -4.77. The molecule has 5 nitrogen and oxygen atoms in total. The maximum absolute atomic E-state index is 9.74. The largest absolute Gasteiger partial charge is 0.501 e. The number of hydrogen-bond acceptors (Lipinski definition) is 5. The van der Waals surface area contributed by atoms with Crippen LogP contribution in [0.25, 0.3) is 66.3 Å². The molecule has 0 unspecified atom stereocenters. The van der Waals surface area contributed by atoms with Crippen molar-refractivity contribution in [2.24, 2.45) is 10.8 Å². The van der Waals surface area contributed by atoms with Crippen LogP contribution < -0.4 is 0 Å². The van der Waals surface area contributed by atoms with Crippen LogP contribution in [-0.4, -0.2) is 19.9 Å². The maximum atomic E-state index is 9.74. The van der Waals surface area contributed by atoms with Crippen molar-refractivity contribution in [2.75, 3.05) is 0 Å². The Balaban J connectivity index is 0.000000239. The van der Waals surface area contributed by atoms with Crippen LogP contribution in [-0.2, 0) is 30.9 Å². The molecule has 0 amide bonds. The summed E-state index contributed by atoms with van der Waals surface area (Å²) in [6.07, 6.45) is 5.39. The minimum absolute atomic E-state index is 0. The van der Waals surface area contributed by atoms with Crippen LogP contribution in [0.2, 0.25) is 0 Å². The average molecular weight is 961 g/mol. The van der Waals surface area contributed by atoms with Crippen LogP contribution >= 0.6 is 0 Å². The van der Waals surface area contributed by atoms with Gasteiger partial charge in [-0.2, -0.15) is 12.1 Å². The first-order valence-electron chi connectivity index (χ1n) is 22.3. The zero-order valence-corrected chi connectivity index (χ0v) is 38.3. The minimum atomic E-state index is -2.38. The topological polar surface area (TPSA) is 64.7 Å². The molecule has 0 N–H and O–H groups in total. The van der Waals surface area contributed by atoms with E-state index in [1.165, 1.54) is 17.0 Å². The molecule has 59 heavy (non-hydrogen) atoms. The molecule has 1 aliphatic rings. The molecule has 0 spiro atoms. The number of hydrogen-bond donors (Lipinski definition) is 0. The van der Waals surface area contributed by atoms with Gasteiger partial charge < -0.3 is 9.40 Å². The summed E-state index contributed by atoms with van der Waals surface area (Å²) >= 11 is 0. The van der Waals surface area contributed by atoms with E-state index in [1.807, 2.05) is 42.5 Å². The molecule has 1 fully saturated rings. The van der Waals surface area contributed by atoms with Crippen LogP contribution in [0.3, 0.4) is 0 Å². The molecule has 9 rings (SSSR count). The van der Waals surface area contributed by atoms with Gasteiger partial charge in [0, 0.05) is 54.5 Å². The Labute approximate surface area is 369 Å². The molecule has 8 aromatic rings. The maximum Gasteiger partial charge on any atom is 0.121 e. The van der Waals surface area contributed by atoms with Crippen LogP contribution in [0, 0.1) is 29.8 Å². The van der Waals surface area contributed by atoms with E-state index >= 15 is 0 Å². The number of furan rings is 1. The van der Waals surface area contributed by atoms with Crippen molar-refractivity contribution < 1.29 is 30.0 Å². The van der Waals surface area contributed by atoms with Gasteiger partial charge in [0.25, 0.3) is 0 Å². The van der Waals surface area contributed by atoms with Crippen LogP contribution in [0.1, 0.15) is 122 Å². The van der Waals surface area contributed by atoms with Gasteiger partial charge in [0.1, 0.15) is 5.58 Å². The van der Waals surface area contributed by atoms with Crippen molar-refractivity contribution in [3.63, 3.8) is 0 Å². The summed E-state index contributed by atoms with van der Waals surface area (Å²) in [7, 11) is 0. The summed E-state index contributed by atoms with van der Waals surface area (Å²) in [6.45, 7) is 19.2. The Kier molecular flexibility index (Phi) is 9.90. The van der Waals surface area contributed by atoms with Crippen molar-refractivity contribution in [3.05, 3.63) is 132 Å². The van der Waals surface area contributed by atoms with E-state index < -0.39 is 12.7 Å². The van der Waals surface area contributed by atoms with Gasteiger partial charge in [-0.25, -0.2) is 0 Å². The third-order valence-electron chi connectivity index (χ3n) is 11.3. The van der Waals surface area contributed by atoms with E-state index in [0.29, 0.717) is 46.8 Å². The fraction of sp³-hybridized carbons (Fsp3) is 0.358. The van der Waals surface area contributed by atoms with E-state index in [9.17, 15) is 1.37 Å². The third kappa shape index (κ3) is 8.77. The van der Waals surface area contributed by atoms with E-state index in [4.69, 9.17) is 8.53 Å². The summed E-state index contributed by atoms with van der Waals surface area (Å²) in [4.78, 5) is 18.3. The fourth-order valence-corrected chi connectivity index (χ4v) is 8.96. The van der Waals surface area contributed by atoms with Gasteiger partial charge in [-0.1, -0.05) is 123 Å². The summed E-state index contributed by atoms with van der Waals surface area (Å²) in [5, 5.41) is 6.59. The average Bonchev–Trinajstić information content (AvgIpc) is 3.55. The Bertz CT molecular complexity index is 2920. The van der Waals surface area contributed by atoms with Gasteiger partial charge in [0.2, 0.25) is 0 Å². The normalized spacial score (nSPS) is 17.3.